The Morgan fingerprint density at radius 3 is 2.30 bits per heavy atom. The number of carbonyl (C=O) groups excluding carboxylic acids is 1. The van der Waals surface area contributed by atoms with Crippen LogP contribution in [0.15, 0.2) is 30.3 Å². The van der Waals surface area contributed by atoms with Crippen molar-refractivity contribution in [2.24, 2.45) is 0 Å². The average molecular weight is 270 g/mol. The van der Waals surface area contributed by atoms with Crippen LogP contribution in [0.4, 0.5) is 0 Å². The Morgan fingerprint density at radius 2 is 1.70 bits per heavy atom. The molecule has 3 nitrogen and oxygen atoms in total. The van der Waals surface area contributed by atoms with Gasteiger partial charge in [0, 0.05) is 6.04 Å². The highest BCUT2D eigenvalue weighted by molar-refractivity contribution is 5.86. The summed E-state index contributed by atoms with van der Waals surface area (Å²) in [5.41, 5.74) is 0.776. The number of amides is 1. The van der Waals surface area contributed by atoms with E-state index in [1.54, 1.807) is 0 Å². The molecule has 0 heterocycles. The van der Waals surface area contributed by atoms with Crippen LogP contribution >= 0.6 is 0 Å². The number of rotatable bonds is 3. The summed E-state index contributed by atoms with van der Waals surface area (Å²) >= 11 is 0. The van der Waals surface area contributed by atoms with Crippen molar-refractivity contribution in [3.05, 3.63) is 35.9 Å². The largest absolute Gasteiger partial charge is 0.352 e. The summed E-state index contributed by atoms with van der Waals surface area (Å²) < 4.78 is 0. The van der Waals surface area contributed by atoms with Gasteiger partial charge in [-0.3, -0.25) is 4.79 Å². The fourth-order valence-electron chi connectivity index (χ4n) is 2.82. The Bertz CT molecular complexity index is 456. The van der Waals surface area contributed by atoms with Crippen LogP contribution in [-0.4, -0.2) is 11.9 Å². The van der Waals surface area contributed by atoms with E-state index in [4.69, 9.17) is 0 Å². The smallest absolute Gasteiger partial charge is 0.242 e. The van der Waals surface area contributed by atoms with Crippen molar-refractivity contribution in [1.29, 1.82) is 5.26 Å². The highest BCUT2D eigenvalue weighted by Crippen LogP contribution is 2.19. The molecular formula is C17H22N2O. The monoisotopic (exact) mass is 270 g/mol. The maximum absolute atomic E-state index is 12.3. The van der Waals surface area contributed by atoms with Crippen molar-refractivity contribution < 1.29 is 4.79 Å². The Morgan fingerprint density at radius 1 is 1.10 bits per heavy atom. The molecular weight excluding hydrogens is 248 g/mol. The zero-order valence-corrected chi connectivity index (χ0v) is 11.8. The summed E-state index contributed by atoms with van der Waals surface area (Å²) in [6.45, 7) is 0. The van der Waals surface area contributed by atoms with Crippen LogP contribution < -0.4 is 5.32 Å². The van der Waals surface area contributed by atoms with Gasteiger partial charge >= 0.3 is 0 Å². The molecule has 1 aliphatic rings. The van der Waals surface area contributed by atoms with Gasteiger partial charge in [-0.05, 0) is 18.4 Å². The van der Waals surface area contributed by atoms with E-state index in [0.717, 1.165) is 18.4 Å². The van der Waals surface area contributed by atoms with Crippen molar-refractivity contribution in [3.8, 4) is 6.07 Å². The van der Waals surface area contributed by atoms with Crippen molar-refractivity contribution in [3.63, 3.8) is 0 Å². The fraction of sp³-hybridized carbons (Fsp3) is 0.529. The van der Waals surface area contributed by atoms with Crippen molar-refractivity contribution in [2.45, 2.75) is 56.9 Å². The lowest BCUT2D eigenvalue weighted by molar-refractivity contribution is -0.122. The number of nitriles is 1. The lowest BCUT2D eigenvalue weighted by Gasteiger charge is -2.22. The van der Waals surface area contributed by atoms with Gasteiger partial charge in [0.15, 0.2) is 0 Å². The first-order valence-corrected chi connectivity index (χ1v) is 7.56. The zero-order valence-electron chi connectivity index (χ0n) is 11.8. The number of carbonyl (C=O) groups is 1. The Hall–Kier alpha value is -1.82. The Labute approximate surface area is 121 Å². The summed E-state index contributed by atoms with van der Waals surface area (Å²) in [4.78, 5) is 12.3. The van der Waals surface area contributed by atoms with Crippen LogP contribution in [0, 0.1) is 11.3 Å². The molecule has 1 aromatic carbocycles. The molecule has 1 amide bonds. The third kappa shape index (κ3) is 4.09. The van der Waals surface area contributed by atoms with Gasteiger partial charge in [0.25, 0.3) is 0 Å². The lowest BCUT2D eigenvalue weighted by Crippen LogP contribution is -2.38. The zero-order chi connectivity index (χ0) is 14.2. The first kappa shape index (κ1) is 14.6. The molecule has 1 atom stereocenters. The Balaban J connectivity index is 1.97. The van der Waals surface area contributed by atoms with E-state index >= 15 is 0 Å². The van der Waals surface area contributed by atoms with Gasteiger partial charge in [0.05, 0.1) is 6.07 Å². The number of benzene rings is 1. The first-order valence-electron chi connectivity index (χ1n) is 7.56. The molecule has 1 saturated carbocycles. The summed E-state index contributed by atoms with van der Waals surface area (Å²) in [6.07, 6.45) is 8.25. The van der Waals surface area contributed by atoms with Crippen LogP contribution in [0.2, 0.25) is 0 Å². The predicted molar refractivity (Wildman–Crippen MR) is 79.0 cm³/mol. The normalized spacial score (nSPS) is 18.4. The van der Waals surface area contributed by atoms with Crippen LogP contribution in [0.3, 0.4) is 0 Å². The van der Waals surface area contributed by atoms with Gasteiger partial charge in [0.1, 0.15) is 5.92 Å². The van der Waals surface area contributed by atoms with E-state index in [1.165, 1.54) is 32.1 Å². The molecule has 106 valence electrons. The van der Waals surface area contributed by atoms with Gasteiger partial charge in [-0.25, -0.2) is 0 Å². The molecule has 0 aromatic heterocycles. The van der Waals surface area contributed by atoms with Gasteiger partial charge in [-0.1, -0.05) is 62.4 Å². The van der Waals surface area contributed by atoms with Crippen molar-refractivity contribution in [2.75, 3.05) is 0 Å². The van der Waals surface area contributed by atoms with E-state index in [2.05, 4.69) is 11.4 Å². The molecule has 3 heteroatoms. The van der Waals surface area contributed by atoms with Crippen LogP contribution in [0.1, 0.15) is 56.4 Å². The second-order valence-corrected chi connectivity index (χ2v) is 5.52. The molecule has 2 rings (SSSR count). The van der Waals surface area contributed by atoms with Gasteiger partial charge in [0.2, 0.25) is 5.91 Å². The third-order valence-electron chi connectivity index (χ3n) is 3.98. The van der Waals surface area contributed by atoms with Crippen LogP contribution in [0.25, 0.3) is 0 Å². The minimum absolute atomic E-state index is 0.149. The van der Waals surface area contributed by atoms with E-state index in [0.29, 0.717) is 0 Å². The highest BCUT2D eigenvalue weighted by atomic mass is 16.1. The Kier molecular flexibility index (Phi) is 5.61. The van der Waals surface area contributed by atoms with Gasteiger partial charge in [-0.15, -0.1) is 0 Å². The molecule has 0 bridgehead atoms. The van der Waals surface area contributed by atoms with E-state index in [-0.39, 0.29) is 11.9 Å². The average Bonchev–Trinajstić information content (AvgIpc) is 2.44. The number of hydrogen-bond acceptors (Lipinski definition) is 2. The number of nitrogens with zero attached hydrogens (tertiary/aromatic N) is 1. The van der Waals surface area contributed by atoms with Gasteiger partial charge < -0.3 is 5.32 Å². The van der Waals surface area contributed by atoms with Crippen molar-refractivity contribution >= 4 is 5.91 Å². The predicted octanol–water partition coefficient (Wildman–Crippen LogP) is 3.52. The molecule has 0 spiro atoms. The summed E-state index contributed by atoms with van der Waals surface area (Å²) in [6, 6.07) is 11.7. The summed E-state index contributed by atoms with van der Waals surface area (Å²) in [7, 11) is 0. The fourth-order valence-corrected chi connectivity index (χ4v) is 2.82. The lowest BCUT2D eigenvalue weighted by atomic mass is 9.95. The molecule has 0 saturated heterocycles. The molecule has 1 unspecified atom stereocenters. The van der Waals surface area contributed by atoms with E-state index in [1.807, 2.05) is 30.3 Å². The van der Waals surface area contributed by atoms with Gasteiger partial charge in [-0.2, -0.15) is 5.26 Å². The van der Waals surface area contributed by atoms with Crippen LogP contribution in [-0.2, 0) is 4.79 Å². The molecule has 1 N–H and O–H groups in total. The SMILES string of the molecule is N#CC(C(=O)NC1CCCCCCC1)c1ccccc1. The number of nitrogens with one attached hydrogen (secondary N) is 1. The van der Waals surface area contributed by atoms with Crippen LogP contribution in [0.5, 0.6) is 0 Å². The second-order valence-electron chi connectivity index (χ2n) is 5.52. The number of hydrogen-bond donors (Lipinski definition) is 1. The molecule has 0 aliphatic heterocycles. The van der Waals surface area contributed by atoms with E-state index in [9.17, 15) is 10.1 Å². The maximum atomic E-state index is 12.3. The molecule has 1 aliphatic carbocycles. The van der Waals surface area contributed by atoms with Crippen molar-refractivity contribution in [1.82, 2.24) is 5.32 Å². The molecule has 20 heavy (non-hydrogen) atoms. The molecule has 1 aromatic rings. The standard InChI is InChI=1S/C17H22N2O/c18-13-16(14-9-5-4-6-10-14)17(20)19-15-11-7-2-1-3-8-12-15/h4-6,9-10,15-16H,1-3,7-8,11-12H2,(H,19,20). The minimum atomic E-state index is -0.693. The molecule has 0 radical (unpaired) electrons. The summed E-state index contributed by atoms with van der Waals surface area (Å²) in [5.74, 6) is -0.842. The first-order chi connectivity index (χ1) is 9.81. The second kappa shape index (κ2) is 7.69. The highest BCUT2D eigenvalue weighted by Gasteiger charge is 2.22. The minimum Gasteiger partial charge on any atom is -0.352 e. The summed E-state index contributed by atoms with van der Waals surface area (Å²) in [5, 5.41) is 12.3. The maximum Gasteiger partial charge on any atom is 0.242 e. The van der Waals surface area contributed by atoms with E-state index < -0.39 is 5.92 Å². The topological polar surface area (TPSA) is 52.9 Å². The molecule has 1 fully saturated rings. The third-order valence-corrected chi connectivity index (χ3v) is 3.98. The quantitative estimate of drug-likeness (QED) is 0.913.